The fourth-order valence-electron chi connectivity index (χ4n) is 6.69. The van der Waals surface area contributed by atoms with Crippen molar-refractivity contribution in [2.45, 2.75) is 76.7 Å². The molecule has 12 heteroatoms. The van der Waals surface area contributed by atoms with Crippen molar-refractivity contribution in [3.8, 4) is 0 Å². The van der Waals surface area contributed by atoms with Gasteiger partial charge in [0.15, 0.2) is 11.5 Å². The summed E-state index contributed by atoms with van der Waals surface area (Å²) < 4.78 is 39.0. The average molecular weight is 571 g/mol. The van der Waals surface area contributed by atoms with Crippen molar-refractivity contribution < 1.29 is 13.5 Å². The van der Waals surface area contributed by atoms with Crippen LogP contribution in [0.1, 0.15) is 50.5 Å². The Morgan fingerprint density at radius 1 is 1.12 bits per heavy atom. The van der Waals surface area contributed by atoms with Crippen molar-refractivity contribution in [1.82, 2.24) is 34.0 Å². The van der Waals surface area contributed by atoms with E-state index in [0.29, 0.717) is 30.4 Å². The first-order chi connectivity index (χ1) is 19.2. The molecule has 2 aliphatic heterocycles. The Morgan fingerprint density at radius 2 is 1.90 bits per heavy atom. The zero-order chi connectivity index (χ0) is 27.8. The summed E-state index contributed by atoms with van der Waals surface area (Å²) in [5, 5.41) is 9.03. The summed E-state index contributed by atoms with van der Waals surface area (Å²) in [6.07, 6.45) is 3.82. The highest BCUT2D eigenvalue weighted by atomic mass is 35.5. The molecule has 0 N–H and O–H groups in total. The molecular formula is C28H33ClF2N8O. The summed E-state index contributed by atoms with van der Waals surface area (Å²) in [5.74, 6) is -1.21. The summed E-state index contributed by atoms with van der Waals surface area (Å²) >= 11 is 6.13. The minimum absolute atomic E-state index is 0.00284. The minimum Gasteiger partial charge on any atom is -0.376 e. The average Bonchev–Trinajstić information content (AvgIpc) is 3.40. The number of rotatable bonds is 6. The number of hydrogen-bond donors (Lipinski definition) is 0. The normalized spacial score (nSPS) is 27.6. The van der Waals surface area contributed by atoms with Crippen molar-refractivity contribution in [3.63, 3.8) is 0 Å². The molecule has 4 aromatic rings. The molecule has 3 fully saturated rings. The van der Waals surface area contributed by atoms with Crippen molar-refractivity contribution in [2.75, 3.05) is 24.6 Å². The third-order valence-corrected chi connectivity index (χ3v) is 9.10. The lowest BCUT2D eigenvalue weighted by atomic mass is 9.95. The predicted octanol–water partition coefficient (Wildman–Crippen LogP) is 4.91. The molecule has 212 valence electrons. The molecule has 3 aromatic heterocycles. The summed E-state index contributed by atoms with van der Waals surface area (Å²) in [6, 6.07) is 6.97. The second-order valence-corrected chi connectivity index (χ2v) is 12.1. The van der Waals surface area contributed by atoms with Crippen LogP contribution in [0.25, 0.3) is 16.9 Å². The zero-order valence-corrected chi connectivity index (χ0v) is 23.6. The van der Waals surface area contributed by atoms with E-state index in [1.165, 1.54) is 0 Å². The number of halogens is 3. The van der Waals surface area contributed by atoms with E-state index in [4.69, 9.17) is 26.3 Å². The van der Waals surface area contributed by atoms with Gasteiger partial charge in [-0.1, -0.05) is 23.7 Å². The molecule has 1 saturated carbocycles. The van der Waals surface area contributed by atoms with Crippen LogP contribution in [0, 0.1) is 12.8 Å². The number of imidazole rings is 1. The van der Waals surface area contributed by atoms with Crippen LogP contribution in [0.5, 0.6) is 0 Å². The van der Waals surface area contributed by atoms with Gasteiger partial charge in [-0.25, -0.2) is 18.2 Å². The Labute approximate surface area is 236 Å². The third kappa shape index (κ3) is 4.33. The van der Waals surface area contributed by atoms with E-state index in [2.05, 4.69) is 38.4 Å². The topological polar surface area (TPSA) is 76.6 Å². The van der Waals surface area contributed by atoms with Gasteiger partial charge in [-0.2, -0.15) is 4.98 Å². The Kier molecular flexibility index (Phi) is 6.25. The van der Waals surface area contributed by atoms with Crippen molar-refractivity contribution >= 4 is 34.4 Å². The van der Waals surface area contributed by atoms with Gasteiger partial charge in [-0.3, -0.25) is 4.90 Å². The smallest absolute Gasteiger partial charge is 0.258 e. The standard InChI is InChI=1S/C28H33ClF2N8O/c1-16-13-37(17(2)12-36(16)24(22-11-28(22,30)31)19-6-8-20(29)9-7-19)25-23-26(39-15-32-35-27(39)34-25)38(18(3)33-23)14-21-5-4-10-40-21/h6-9,15-17,21-22,24H,4-5,10-14H2,1-3H3/t16-,17+,21+,22-,24-/m1/s1. The second-order valence-electron chi connectivity index (χ2n) is 11.6. The van der Waals surface area contributed by atoms with E-state index >= 15 is 0 Å². The molecule has 0 amide bonds. The highest BCUT2D eigenvalue weighted by Gasteiger charge is 2.62. The van der Waals surface area contributed by atoms with Crippen molar-refractivity contribution in [3.05, 3.63) is 47.0 Å². The maximum absolute atomic E-state index is 14.5. The molecule has 0 radical (unpaired) electrons. The van der Waals surface area contributed by atoms with E-state index in [-0.39, 0.29) is 30.7 Å². The van der Waals surface area contributed by atoms with Gasteiger partial charge in [-0.05, 0) is 51.3 Å². The van der Waals surface area contributed by atoms with Crippen LogP contribution >= 0.6 is 11.6 Å². The van der Waals surface area contributed by atoms with E-state index in [9.17, 15) is 8.78 Å². The summed E-state index contributed by atoms with van der Waals surface area (Å²) in [6.45, 7) is 8.96. The number of anilines is 1. The maximum atomic E-state index is 14.5. The number of alkyl halides is 2. The molecule has 9 nitrogen and oxygen atoms in total. The predicted molar refractivity (Wildman–Crippen MR) is 148 cm³/mol. The molecule has 3 aliphatic rings. The van der Waals surface area contributed by atoms with Gasteiger partial charge in [0.05, 0.1) is 12.6 Å². The number of benzene rings is 1. The first kappa shape index (κ1) is 26.0. The first-order valence-electron chi connectivity index (χ1n) is 14.0. The Hall–Kier alpha value is -2.89. The van der Waals surface area contributed by atoms with E-state index in [1.54, 1.807) is 18.5 Å². The van der Waals surface area contributed by atoms with Crippen LogP contribution in [0.3, 0.4) is 0 Å². The molecule has 0 unspecified atom stereocenters. The van der Waals surface area contributed by atoms with Crippen LogP contribution in [0.15, 0.2) is 30.6 Å². The van der Waals surface area contributed by atoms with Crippen LogP contribution in [0.4, 0.5) is 14.6 Å². The Morgan fingerprint density at radius 3 is 2.60 bits per heavy atom. The lowest BCUT2D eigenvalue weighted by Gasteiger charge is -2.48. The maximum Gasteiger partial charge on any atom is 0.258 e. The fraction of sp³-hybridized carbons (Fsp3) is 0.571. The minimum atomic E-state index is -2.65. The van der Waals surface area contributed by atoms with Crippen LogP contribution in [-0.4, -0.2) is 77.8 Å². The summed E-state index contributed by atoms with van der Waals surface area (Å²) in [7, 11) is 0. The number of hydrogen-bond acceptors (Lipinski definition) is 7. The number of aromatic nitrogens is 6. The number of aryl methyl sites for hydroxylation is 1. The lowest BCUT2D eigenvalue weighted by Crippen LogP contribution is -2.58. The van der Waals surface area contributed by atoms with Gasteiger partial charge < -0.3 is 14.2 Å². The van der Waals surface area contributed by atoms with Gasteiger partial charge in [0.25, 0.3) is 11.7 Å². The summed E-state index contributed by atoms with van der Waals surface area (Å²) in [5.41, 5.74) is 2.57. The van der Waals surface area contributed by atoms with E-state index < -0.39 is 11.8 Å². The van der Waals surface area contributed by atoms with Crippen LogP contribution < -0.4 is 4.90 Å². The SMILES string of the molecule is Cc1nc2c(N3C[C@@H](C)N([C@H](c4ccc(Cl)cc4)[C@H]4CC4(F)F)C[C@@H]3C)nc3nncn3c2n1C[C@@H]1CCCO1. The molecule has 1 aliphatic carbocycles. The van der Waals surface area contributed by atoms with Gasteiger partial charge in [0.2, 0.25) is 0 Å². The zero-order valence-electron chi connectivity index (χ0n) is 22.8. The molecule has 0 spiro atoms. The molecule has 2 saturated heterocycles. The van der Waals surface area contributed by atoms with Crippen LogP contribution in [-0.2, 0) is 11.3 Å². The highest BCUT2D eigenvalue weighted by Crippen LogP contribution is 2.57. The number of fused-ring (bicyclic) bond motifs is 3. The molecule has 0 bridgehead atoms. The lowest BCUT2D eigenvalue weighted by molar-refractivity contribution is 0.0393. The van der Waals surface area contributed by atoms with Crippen LogP contribution in [0.2, 0.25) is 5.02 Å². The Balaban J connectivity index is 1.25. The quantitative estimate of drug-likeness (QED) is 0.326. The van der Waals surface area contributed by atoms with Crippen molar-refractivity contribution in [2.24, 2.45) is 5.92 Å². The summed E-state index contributed by atoms with van der Waals surface area (Å²) in [4.78, 5) is 14.4. The molecular weight excluding hydrogens is 538 g/mol. The van der Waals surface area contributed by atoms with Gasteiger partial charge >= 0.3 is 0 Å². The molecule has 40 heavy (non-hydrogen) atoms. The molecule has 7 rings (SSSR count). The first-order valence-corrected chi connectivity index (χ1v) is 14.4. The molecule has 5 atom stereocenters. The number of piperazine rings is 1. The van der Waals surface area contributed by atoms with E-state index in [0.717, 1.165) is 47.8 Å². The highest BCUT2D eigenvalue weighted by molar-refractivity contribution is 6.30. The van der Waals surface area contributed by atoms with E-state index in [1.807, 2.05) is 23.5 Å². The third-order valence-electron chi connectivity index (χ3n) is 8.85. The van der Waals surface area contributed by atoms with Crippen molar-refractivity contribution in [1.29, 1.82) is 0 Å². The number of nitrogens with zero attached hydrogens (tertiary/aromatic N) is 8. The van der Waals surface area contributed by atoms with Gasteiger partial charge in [0, 0.05) is 55.2 Å². The molecule has 1 aromatic carbocycles. The fourth-order valence-corrected chi connectivity index (χ4v) is 6.81. The van der Waals surface area contributed by atoms with Gasteiger partial charge in [-0.15, -0.1) is 10.2 Å². The monoisotopic (exact) mass is 570 g/mol. The molecule has 5 heterocycles. The second kappa shape index (κ2) is 9.60. The largest absolute Gasteiger partial charge is 0.376 e. The number of ether oxygens (including phenoxy) is 1. The van der Waals surface area contributed by atoms with Gasteiger partial charge in [0.1, 0.15) is 17.7 Å². The Bertz CT molecular complexity index is 1550.